The maximum atomic E-state index is 13.6. The molecule has 2 rings (SSSR count). The quantitative estimate of drug-likeness (QED) is 0.837. The van der Waals surface area contributed by atoms with Gasteiger partial charge in [0.2, 0.25) is 0 Å². The third-order valence-corrected chi connectivity index (χ3v) is 2.79. The van der Waals surface area contributed by atoms with Crippen LogP contribution in [0.25, 0.3) is 0 Å². The molecular formula is C10H12ClFN2. The van der Waals surface area contributed by atoms with Crippen molar-refractivity contribution in [2.45, 2.75) is 24.9 Å². The minimum absolute atomic E-state index is 0.349. The fraction of sp³-hybridized carbons (Fsp3) is 0.500. The van der Waals surface area contributed by atoms with Gasteiger partial charge in [0.1, 0.15) is 11.5 Å². The van der Waals surface area contributed by atoms with Gasteiger partial charge in [-0.1, -0.05) is 11.6 Å². The summed E-state index contributed by atoms with van der Waals surface area (Å²) in [5.74, 6) is 0.679. The topological polar surface area (TPSA) is 24.9 Å². The van der Waals surface area contributed by atoms with Crippen LogP contribution in [0.4, 0.5) is 10.2 Å². The van der Waals surface area contributed by atoms with E-state index >= 15 is 0 Å². The van der Waals surface area contributed by atoms with Crippen molar-refractivity contribution in [1.82, 2.24) is 4.98 Å². The molecule has 1 aromatic rings. The van der Waals surface area contributed by atoms with Crippen molar-refractivity contribution in [1.29, 1.82) is 0 Å². The molecule has 76 valence electrons. The zero-order valence-electron chi connectivity index (χ0n) is 7.76. The molecule has 0 aliphatic heterocycles. The Bertz CT molecular complexity index is 308. The Morgan fingerprint density at radius 1 is 1.50 bits per heavy atom. The number of halogens is 2. The summed E-state index contributed by atoms with van der Waals surface area (Å²) in [6, 6.07) is 3.49. The van der Waals surface area contributed by atoms with Crippen LogP contribution < -0.4 is 5.32 Å². The Labute approximate surface area is 87.5 Å². The number of rotatable bonds is 3. The van der Waals surface area contributed by atoms with Gasteiger partial charge in [-0.2, -0.15) is 0 Å². The van der Waals surface area contributed by atoms with Gasteiger partial charge in [0, 0.05) is 6.20 Å². The molecule has 0 saturated heterocycles. The molecule has 0 unspecified atom stereocenters. The Kier molecular flexibility index (Phi) is 2.59. The van der Waals surface area contributed by atoms with E-state index in [-0.39, 0.29) is 0 Å². The number of nitrogens with one attached hydrogen (secondary N) is 1. The van der Waals surface area contributed by atoms with Crippen molar-refractivity contribution in [3.05, 3.63) is 23.4 Å². The predicted molar refractivity (Wildman–Crippen MR) is 55.4 cm³/mol. The van der Waals surface area contributed by atoms with Gasteiger partial charge in [-0.05, 0) is 31.4 Å². The highest BCUT2D eigenvalue weighted by atomic mass is 35.5. The number of hydrogen-bond donors (Lipinski definition) is 1. The lowest BCUT2D eigenvalue weighted by molar-refractivity contribution is 0.0783. The van der Waals surface area contributed by atoms with Gasteiger partial charge < -0.3 is 5.32 Å². The molecule has 1 aromatic heterocycles. The number of aromatic nitrogens is 1. The van der Waals surface area contributed by atoms with Gasteiger partial charge in [0.05, 0.1) is 11.6 Å². The van der Waals surface area contributed by atoms with E-state index in [4.69, 9.17) is 11.6 Å². The molecule has 1 heterocycles. The van der Waals surface area contributed by atoms with Crippen LogP contribution in [0, 0.1) is 0 Å². The summed E-state index contributed by atoms with van der Waals surface area (Å²) in [6.45, 7) is 0.349. The summed E-state index contributed by atoms with van der Waals surface area (Å²) < 4.78 is 13.6. The van der Waals surface area contributed by atoms with Crippen molar-refractivity contribution in [3.63, 3.8) is 0 Å². The second-order valence-electron chi connectivity index (χ2n) is 3.72. The van der Waals surface area contributed by atoms with E-state index in [0.717, 1.165) is 6.42 Å². The van der Waals surface area contributed by atoms with Crippen molar-refractivity contribution in [3.8, 4) is 0 Å². The lowest BCUT2D eigenvalue weighted by Crippen LogP contribution is -2.39. The molecule has 0 bridgehead atoms. The first-order chi connectivity index (χ1) is 6.68. The van der Waals surface area contributed by atoms with E-state index in [0.29, 0.717) is 30.2 Å². The zero-order chi connectivity index (χ0) is 10.0. The molecule has 0 amide bonds. The van der Waals surface area contributed by atoms with Crippen molar-refractivity contribution >= 4 is 17.4 Å². The summed E-state index contributed by atoms with van der Waals surface area (Å²) >= 11 is 5.68. The minimum atomic E-state index is -1.01. The third-order valence-electron chi connectivity index (χ3n) is 2.56. The first-order valence-corrected chi connectivity index (χ1v) is 5.10. The van der Waals surface area contributed by atoms with Crippen LogP contribution in [0.5, 0.6) is 0 Å². The predicted octanol–water partition coefficient (Wildman–Crippen LogP) is 3.04. The molecule has 0 atom stereocenters. The Hall–Kier alpha value is -0.830. The maximum Gasteiger partial charge on any atom is 0.128 e. The van der Waals surface area contributed by atoms with Crippen LogP contribution in [-0.4, -0.2) is 17.2 Å². The molecule has 1 aliphatic carbocycles. The molecule has 1 saturated carbocycles. The summed E-state index contributed by atoms with van der Waals surface area (Å²) in [5, 5.41) is 3.56. The van der Waals surface area contributed by atoms with E-state index in [1.807, 2.05) is 0 Å². The number of hydrogen-bond acceptors (Lipinski definition) is 2. The summed E-state index contributed by atoms with van der Waals surface area (Å²) in [4.78, 5) is 4.03. The SMILES string of the molecule is FC1(CNc2ccc(Cl)cn2)CCC1. The molecule has 0 spiro atoms. The van der Waals surface area contributed by atoms with E-state index in [1.54, 1.807) is 18.3 Å². The largest absolute Gasteiger partial charge is 0.367 e. The van der Waals surface area contributed by atoms with Crippen LogP contribution >= 0.6 is 11.6 Å². The highest BCUT2D eigenvalue weighted by molar-refractivity contribution is 6.30. The first kappa shape index (κ1) is 9.71. The highest BCUT2D eigenvalue weighted by Gasteiger charge is 2.36. The Morgan fingerprint density at radius 3 is 2.79 bits per heavy atom. The number of pyridine rings is 1. The normalized spacial score (nSPS) is 18.7. The molecule has 1 N–H and O–H groups in total. The summed E-state index contributed by atoms with van der Waals surface area (Å²) in [5.41, 5.74) is -1.01. The number of anilines is 1. The van der Waals surface area contributed by atoms with E-state index in [1.165, 1.54) is 0 Å². The smallest absolute Gasteiger partial charge is 0.128 e. The van der Waals surface area contributed by atoms with Gasteiger partial charge in [-0.15, -0.1) is 0 Å². The average molecular weight is 215 g/mol. The van der Waals surface area contributed by atoms with Crippen LogP contribution in [0.3, 0.4) is 0 Å². The molecule has 14 heavy (non-hydrogen) atoms. The lowest BCUT2D eigenvalue weighted by atomic mass is 9.82. The van der Waals surface area contributed by atoms with Crippen molar-refractivity contribution in [2.24, 2.45) is 0 Å². The first-order valence-electron chi connectivity index (χ1n) is 4.72. The molecule has 0 aromatic carbocycles. The minimum Gasteiger partial charge on any atom is -0.367 e. The van der Waals surface area contributed by atoms with Gasteiger partial charge in [0.25, 0.3) is 0 Å². The lowest BCUT2D eigenvalue weighted by Gasteiger charge is -2.33. The fourth-order valence-corrected chi connectivity index (χ4v) is 1.58. The van der Waals surface area contributed by atoms with E-state index in [9.17, 15) is 4.39 Å². The third kappa shape index (κ3) is 2.15. The van der Waals surface area contributed by atoms with Gasteiger partial charge >= 0.3 is 0 Å². The van der Waals surface area contributed by atoms with E-state index < -0.39 is 5.67 Å². The van der Waals surface area contributed by atoms with Gasteiger partial charge in [-0.3, -0.25) is 0 Å². The number of nitrogens with zero attached hydrogens (tertiary/aromatic N) is 1. The van der Waals surface area contributed by atoms with Crippen LogP contribution in [-0.2, 0) is 0 Å². The Balaban J connectivity index is 1.88. The molecule has 2 nitrogen and oxygen atoms in total. The van der Waals surface area contributed by atoms with Crippen LogP contribution in [0.15, 0.2) is 18.3 Å². The van der Waals surface area contributed by atoms with Crippen LogP contribution in [0.1, 0.15) is 19.3 Å². The number of alkyl halides is 1. The molecule has 1 fully saturated rings. The molecule has 1 aliphatic rings. The molecule has 4 heteroatoms. The van der Waals surface area contributed by atoms with Gasteiger partial charge in [-0.25, -0.2) is 9.37 Å². The second-order valence-corrected chi connectivity index (χ2v) is 4.16. The van der Waals surface area contributed by atoms with Crippen molar-refractivity contribution in [2.75, 3.05) is 11.9 Å². The van der Waals surface area contributed by atoms with Gasteiger partial charge in [0.15, 0.2) is 0 Å². The van der Waals surface area contributed by atoms with E-state index in [2.05, 4.69) is 10.3 Å². The second kappa shape index (κ2) is 3.73. The highest BCUT2D eigenvalue weighted by Crippen LogP contribution is 2.35. The Morgan fingerprint density at radius 2 is 2.29 bits per heavy atom. The standard InChI is InChI=1S/C10H12ClFN2/c11-8-2-3-9(13-6-8)14-7-10(12)4-1-5-10/h2-3,6H,1,4-5,7H2,(H,13,14). The molecular weight excluding hydrogens is 203 g/mol. The summed E-state index contributed by atoms with van der Waals surface area (Å²) in [6.07, 6.45) is 3.86. The molecule has 0 radical (unpaired) electrons. The van der Waals surface area contributed by atoms with Crippen LogP contribution in [0.2, 0.25) is 5.02 Å². The zero-order valence-corrected chi connectivity index (χ0v) is 8.52. The monoisotopic (exact) mass is 214 g/mol. The average Bonchev–Trinajstić information content (AvgIpc) is 2.14. The maximum absolute atomic E-state index is 13.6. The van der Waals surface area contributed by atoms with Crippen molar-refractivity contribution < 1.29 is 4.39 Å². The summed E-state index contributed by atoms with van der Waals surface area (Å²) in [7, 11) is 0. The fourth-order valence-electron chi connectivity index (χ4n) is 1.47.